The van der Waals surface area contributed by atoms with Crippen LogP contribution in [0.1, 0.15) is 42.2 Å². The van der Waals surface area contributed by atoms with Crippen molar-refractivity contribution in [3.05, 3.63) is 187 Å². The topological polar surface area (TPSA) is 51.8 Å². The van der Waals surface area contributed by atoms with Gasteiger partial charge in [-0.3, -0.25) is 0 Å². The molecule has 0 atom stereocenters. The number of para-hydroxylation sites is 1. The Morgan fingerprint density at radius 1 is 0.436 bits per heavy atom. The van der Waals surface area contributed by atoms with Crippen molar-refractivity contribution in [2.24, 2.45) is 0 Å². The molecule has 55 heavy (non-hydrogen) atoms. The maximum Gasteiger partial charge on any atom is 0.164 e. The fraction of sp³-hybridized carbons (Fsp3) is 0.0784. The molecule has 9 aromatic rings. The molecule has 0 aliphatic heterocycles. The largest absolute Gasteiger partial charge is 0.460 e. The van der Waals surface area contributed by atoms with Gasteiger partial charge in [0.15, 0.2) is 17.5 Å². The first-order chi connectivity index (χ1) is 27.3. The maximum atomic E-state index is 6.88. The zero-order chi connectivity index (χ0) is 36.3. The van der Waals surface area contributed by atoms with Crippen LogP contribution in [0.4, 0.5) is 0 Å². The Morgan fingerprint density at radius 2 is 1.05 bits per heavy atom. The molecule has 2 aliphatic rings. The lowest BCUT2D eigenvalue weighted by Gasteiger charge is -2.15. The fourth-order valence-electron chi connectivity index (χ4n) is 8.57. The van der Waals surface area contributed by atoms with Crippen LogP contribution in [0.15, 0.2) is 168 Å². The predicted molar refractivity (Wildman–Crippen MR) is 227 cm³/mol. The highest BCUT2D eigenvalue weighted by Crippen LogP contribution is 2.44. The lowest BCUT2D eigenvalue weighted by molar-refractivity contribution is 0.546. The molecule has 0 fully saturated rings. The van der Waals surface area contributed by atoms with Gasteiger partial charge >= 0.3 is 0 Å². The molecule has 0 amide bonds. The van der Waals surface area contributed by atoms with Crippen molar-refractivity contribution in [1.29, 1.82) is 0 Å². The molecule has 0 saturated carbocycles. The average Bonchev–Trinajstić information content (AvgIpc) is 3.66. The quantitative estimate of drug-likeness (QED) is 0.167. The summed E-state index contributed by atoms with van der Waals surface area (Å²) >= 11 is 0. The zero-order valence-corrected chi connectivity index (χ0v) is 30.2. The van der Waals surface area contributed by atoms with Crippen LogP contribution in [-0.4, -0.2) is 15.0 Å². The molecule has 0 N–H and O–H groups in total. The highest BCUT2D eigenvalue weighted by atomic mass is 16.3. The summed E-state index contributed by atoms with van der Waals surface area (Å²) in [6, 6.07) is 49.8. The van der Waals surface area contributed by atoms with Gasteiger partial charge in [0.1, 0.15) is 11.3 Å². The second kappa shape index (κ2) is 12.9. The smallest absolute Gasteiger partial charge is 0.164 e. The summed E-state index contributed by atoms with van der Waals surface area (Å²) in [6.45, 7) is 0. The van der Waals surface area contributed by atoms with Gasteiger partial charge < -0.3 is 4.42 Å². The number of allylic oxidation sites excluding steroid dienone is 5. The van der Waals surface area contributed by atoms with Crippen LogP contribution < -0.4 is 0 Å². The lowest BCUT2D eigenvalue weighted by Crippen LogP contribution is -2.08. The van der Waals surface area contributed by atoms with Gasteiger partial charge in [0.2, 0.25) is 0 Å². The van der Waals surface area contributed by atoms with E-state index in [0.29, 0.717) is 17.5 Å². The van der Waals surface area contributed by atoms with E-state index in [4.69, 9.17) is 19.4 Å². The molecule has 0 unspecified atom stereocenters. The monoisotopic (exact) mass is 705 g/mol. The van der Waals surface area contributed by atoms with E-state index in [2.05, 4.69) is 158 Å². The molecule has 260 valence electrons. The molecular weight excluding hydrogens is 671 g/mol. The number of nitrogens with zero attached hydrogens (tertiary/aromatic N) is 3. The molecule has 0 radical (unpaired) electrons. The predicted octanol–water partition coefficient (Wildman–Crippen LogP) is 13.2. The van der Waals surface area contributed by atoms with E-state index in [-0.39, 0.29) is 0 Å². The highest BCUT2D eigenvalue weighted by Gasteiger charge is 2.27. The average molecular weight is 706 g/mol. The number of furan rings is 1. The molecular formula is C51H35N3O. The van der Waals surface area contributed by atoms with Crippen molar-refractivity contribution in [2.45, 2.75) is 25.7 Å². The molecule has 2 aromatic heterocycles. The number of fused-ring (bicyclic) bond motifs is 9. The third kappa shape index (κ3) is 5.32. The summed E-state index contributed by atoms with van der Waals surface area (Å²) in [5, 5.41) is 8.66. The molecule has 4 heteroatoms. The first kappa shape index (κ1) is 31.6. The summed E-state index contributed by atoms with van der Waals surface area (Å²) < 4.78 is 6.88. The molecule has 2 aliphatic carbocycles. The SMILES string of the molecule is C1=CC(c2nc(C3=CCCc4oc5c(-c6ccc7c8ccccc8c8ccccc8c7c6)cccc5c43)nc(-c3ccc(-c4ccccc4)cc3)n2)=CCC1. The van der Waals surface area contributed by atoms with Crippen molar-refractivity contribution < 1.29 is 4.42 Å². The van der Waals surface area contributed by atoms with Gasteiger partial charge in [-0.1, -0.05) is 158 Å². The minimum Gasteiger partial charge on any atom is -0.460 e. The number of hydrogen-bond donors (Lipinski definition) is 0. The van der Waals surface area contributed by atoms with Crippen LogP contribution in [0.5, 0.6) is 0 Å². The van der Waals surface area contributed by atoms with Gasteiger partial charge in [0.25, 0.3) is 0 Å². The third-order valence-electron chi connectivity index (χ3n) is 11.2. The molecule has 2 heterocycles. The summed E-state index contributed by atoms with van der Waals surface area (Å²) in [4.78, 5) is 15.4. The maximum absolute atomic E-state index is 6.88. The van der Waals surface area contributed by atoms with Gasteiger partial charge in [-0.25, -0.2) is 15.0 Å². The molecule has 0 saturated heterocycles. The van der Waals surface area contributed by atoms with Crippen LogP contribution in [0.3, 0.4) is 0 Å². The zero-order valence-electron chi connectivity index (χ0n) is 30.2. The van der Waals surface area contributed by atoms with E-state index in [1.807, 2.05) is 6.07 Å². The molecule has 0 spiro atoms. The first-order valence-electron chi connectivity index (χ1n) is 19.1. The van der Waals surface area contributed by atoms with Crippen LogP contribution in [0.2, 0.25) is 0 Å². The number of benzene rings is 7. The van der Waals surface area contributed by atoms with Crippen molar-refractivity contribution in [3.63, 3.8) is 0 Å². The minimum atomic E-state index is 0.664. The van der Waals surface area contributed by atoms with Crippen molar-refractivity contribution in [3.8, 4) is 33.6 Å². The Labute approximate surface area is 318 Å². The minimum absolute atomic E-state index is 0.664. The fourth-order valence-corrected chi connectivity index (χ4v) is 8.57. The summed E-state index contributed by atoms with van der Waals surface area (Å²) in [5.41, 5.74) is 9.52. The van der Waals surface area contributed by atoms with Crippen LogP contribution >= 0.6 is 0 Å². The van der Waals surface area contributed by atoms with E-state index in [0.717, 1.165) is 81.4 Å². The van der Waals surface area contributed by atoms with Crippen LogP contribution in [0, 0.1) is 0 Å². The van der Waals surface area contributed by atoms with E-state index < -0.39 is 0 Å². The van der Waals surface area contributed by atoms with Crippen molar-refractivity contribution in [1.82, 2.24) is 15.0 Å². The summed E-state index contributed by atoms with van der Waals surface area (Å²) in [5.74, 6) is 3.01. The van der Waals surface area contributed by atoms with Gasteiger partial charge in [0.05, 0.1) is 0 Å². The molecule has 7 aromatic carbocycles. The number of aromatic nitrogens is 3. The summed E-state index contributed by atoms with van der Waals surface area (Å²) in [7, 11) is 0. The second-order valence-electron chi connectivity index (χ2n) is 14.5. The normalized spacial score (nSPS) is 14.0. The standard InChI is InChI=1S/C51H35N3O/c1-3-13-32(14-4-1)33-25-27-35(28-26-33)50-52-49(34-15-5-2-6-16-34)53-51(54-50)44-23-12-24-46-47(44)43-22-11-21-37(48(43)55-46)36-29-30-42-40-19-8-7-17-38(40)39-18-9-10-20-41(39)45(42)31-36/h1,3-5,7-11,13-23,25-31H,2,6,12,24H2. The Morgan fingerprint density at radius 3 is 1.80 bits per heavy atom. The second-order valence-corrected chi connectivity index (χ2v) is 14.5. The Hall–Kier alpha value is -6.91. The van der Waals surface area contributed by atoms with Crippen molar-refractivity contribution >= 4 is 54.4 Å². The van der Waals surface area contributed by atoms with Gasteiger partial charge in [0, 0.05) is 39.6 Å². The summed E-state index contributed by atoms with van der Waals surface area (Å²) in [6.07, 6.45) is 12.5. The van der Waals surface area contributed by atoms with Gasteiger partial charge in [-0.2, -0.15) is 0 Å². The van der Waals surface area contributed by atoms with Gasteiger partial charge in [-0.05, 0) is 74.3 Å². The van der Waals surface area contributed by atoms with Crippen molar-refractivity contribution in [2.75, 3.05) is 0 Å². The Bertz CT molecular complexity index is 3040. The molecule has 4 nitrogen and oxygen atoms in total. The van der Waals surface area contributed by atoms with Crippen LogP contribution in [0.25, 0.3) is 88.1 Å². The lowest BCUT2D eigenvalue weighted by atomic mass is 9.90. The van der Waals surface area contributed by atoms with E-state index >= 15 is 0 Å². The Kier molecular flexibility index (Phi) is 7.41. The molecule has 11 rings (SSSR count). The number of hydrogen-bond acceptors (Lipinski definition) is 4. The Balaban J connectivity index is 1.05. The third-order valence-corrected chi connectivity index (χ3v) is 11.2. The van der Waals surface area contributed by atoms with E-state index in [1.54, 1.807) is 0 Å². The van der Waals surface area contributed by atoms with E-state index in [1.165, 1.54) is 37.9 Å². The number of rotatable bonds is 5. The van der Waals surface area contributed by atoms with E-state index in [9.17, 15) is 0 Å². The van der Waals surface area contributed by atoms with Crippen LogP contribution in [-0.2, 0) is 6.42 Å². The van der Waals surface area contributed by atoms with Gasteiger partial charge in [-0.15, -0.1) is 0 Å². The first-order valence-corrected chi connectivity index (χ1v) is 19.1. The molecule has 0 bridgehead atoms. The number of aryl methyl sites for hydroxylation is 1. The highest BCUT2D eigenvalue weighted by molar-refractivity contribution is 6.26.